The topological polar surface area (TPSA) is 73.6 Å². The molecule has 18 heavy (non-hydrogen) atoms. The molecular formula is C13H24N2O3. The summed E-state index contributed by atoms with van der Waals surface area (Å²) in [7, 11) is 1.65. The zero-order chi connectivity index (χ0) is 13.0. The number of ether oxygens (including phenoxy) is 2. The molecule has 1 heterocycles. The van der Waals surface area contributed by atoms with Crippen LogP contribution >= 0.6 is 0 Å². The van der Waals surface area contributed by atoms with Crippen LogP contribution in [-0.2, 0) is 14.3 Å². The van der Waals surface area contributed by atoms with Crippen LogP contribution in [0.25, 0.3) is 0 Å². The second-order valence-corrected chi connectivity index (χ2v) is 5.32. The fourth-order valence-electron chi connectivity index (χ4n) is 2.52. The van der Waals surface area contributed by atoms with Crippen molar-refractivity contribution < 1.29 is 14.3 Å². The molecule has 2 aliphatic rings. The summed E-state index contributed by atoms with van der Waals surface area (Å²) in [6.07, 6.45) is 5.09. The number of nitrogens with one attached hydrogen (secondary N) is 1. The lowest BCUT2D eigenvalue weighted by molar-refractivity contribution is -0.123. The van der Waals surface area contributed by atoms with Crippen LogP contribution in [0.15, 0.2) is 0 Å². The molecule has 1 saturated heterocycles. The minimum absolute atomic E-state index is 0.0488. The van der Waals surface area contributed by atoms with E-state index in [0.29, 0.717) is 18.9 Å². The van der Waals surface area contributed by atoms with Crippen molar-refractivity contribution in [3.05, 3.63) is 0 Å². The molecule has 0 aromatic carbocycles. The van der Waals surface area contributed by atoms with E-state index >= 15 is 0 Å². The van der Waals surface area contributed by atoms with Crippen molar-refractivity contribution in [2.75, 3.05) is 20.3 Å². The molecule has 1 aliphatic heterocycles. The molecule has 3 N–H and O–H groups in total. The standard InChI is InChI=1S/C13H24N2O3/c1-17-7-2-3-10(14)13(16)15-11-6-8-18-12(11)9-4-5-9/h9-12H,2-8,14H2,1H3,(H,15,16). The number of nitrogens with two attached hydrogens (primary N) is 1. The Bertz CT molecular complexity index is 281. The molecule has 3 unspecified atom stereocenters. The van der Waals surface area contributed by atoms with Crippen molar-refractivity contribution in [3.8, 4) is 0 Å². The lowest BCUT2D eigenvalue weighted by Crippen LogP contribution is -2.48. The maximum absolute atomic E-state index is 11.9. The Kier molecular flexibility index (Phi) is 4.97. The van der Waals surface area contributed by atoms with Crippen molar-refractivity contribution in [3.63, 3.8) is 0 Å². The summed E-state index contributed by atoms with van der Waals surface area (Å²) in [6.45, 7) is 1.41. The number of carbonyl (C=O) groups excluding carboxylic acids is 1. The average Bonchev–Trinajstić information content (AvgIpc) is 3.10. The Labute approximate surface area is 108 Å². The van der Waals surface area contributed by atoms with Gasteiger partial charge in [-0.15, -0.1) is 0 Å². The van der Waals surface area contributed by atoms with Gasteiger partial charge in [0.15, 0.2) is 0 Å². The van der Waals surface area contributed by atoms with Crippen molar-refractivity contribution >= 4 is 5.91 Å². The third-order valence-electron chi connectivity index (χ3n) is 3.75. The van der Waals surface area contributed by atoms with Gasteiger partial charge in [0.1, 0.15) is 0 Å². The van der Waals surface area contributed by atoms with Gasteiger partial charge in [-0.05, 0) is 38.0 Å². The van der Waals surface area contributed by atoms with Gasteiger partial charge in [0.05, 0.1) is 18.2 Å². The smallest absolute Gasteiger partial charge is 0.237 e. The zero-order valence-electron chi connectivity index (χ0n) is 11.1. The maximum Gasteiger partial charge on any atom is 0.237 e. The maximum atomic E-state index is 11.9. The van der Waals surface area contributed by atoms with Crippen molar-refractivity contribution in [1.29, 1.82) is 0 Å². The average molecular weight is 256 g/mol. The first-order chi connectivity index (χ1) is 8.72. The number of methoxy groups -OCH3 is 1. The van der Waals surface area contributed by atoms with Crippen LogP contribution in [0.5, 0.6) is 0 Å². The Morgan fingerprint density at radius 1 is 1.50 bits per heavy atom. The SMILES string of the molecule is COCCCC(N)C(=O)NC1CCOC1C1CC1. The molecule has 1 aliphatic carbocycles. The number of amides is 1. The highest BCUT2D eigenvalue weighted by Gasteiger charge is 2.41. The Morgan fingerprint density at radius 2 is 2.28 bits per heavy atom. The fraction of sp³-hybridized carbons (Fsp3) is 0.923. The van der Waals surface area contributed by atoms with Crippen LogP contribution < -0.4 is 11.1 Å². The minimum atomic E-state index is -0.430. The number of rotatable bonds is 7. The number of carbonyl (C=O) groups is 1. The molecule has 0 bridgehead atoms. The van der Waals surface area contributed by atoms with Gasteiger partial charge in [0, 0.05) is 20.3 Å². The van der Waals surface area contributed by atoms with E-state index in [9.17, 15) is 4.79 Å². The molecule has 0 radical (unpaired) electrons. The van der Waals surface area contributed by atoms with Gasteiger partial charge in [-0.1, -0.05) is 0 Å². The third kappa shape index (κ3) is 3.67. The summed E-state index contributed by atoms with van der Waals surface area (Å²) in [6, 6.07) is -0.265. The first kappa shape index (κ1) is 13.8. The molecule has 104 valence electrons. The lowest BCUT2D eigenvalue weighted by Gasteiger charge is -2.21. The molecule has 0 aromatic rings. The summed E-state index contributed by atoms with van der Waals surface area (Å²) in [4.78, 5) is 11.9. The minimum Gasteiger partial charge on any atom is -0.385 e. The summed E-state index contributed by atoms with van der Waals surface area (Å²) >= 11 is 0. The van der Waals surface area contributed by atoms with Crippen molar-refractivity contribution in [2.24, 2.45) is 11.7 Å². The second-order valence-electron chi connectivity index (χ2n) is 5.32. The van der Waals surface area contributed by atoms with E-state index in [4.69, 9.17) is 15.2 Å². The zero-order valence-corrected chi connectivity index (χ0v) is 11.1. The van der Waals surface area contributed by atoms with E-state index in [0.717, 1.165) is 19.4 Å². The highest BCUT2D eigenvalue weighted by molar-refractivity contribution is 5.81. The molecule has 0 spiro atoms. The molecule has 2 fully saturated rings. The van der Waals surface area contributed by atoms with E-state index in [1.54, 1.807) is 7.11 Å². The van der Waals surface area contributed by atoms with E-state index < -0.39 is 6.04 Å². The van der Waals surface area contributed by atoms with Crippen LogP contribution in [-0.4, -0.2) is 44.4 Å². The van der Waals surface area contributed by atoms with E-state index in [-0.39, 0.29) is 18.1 Å². The molecule has 1 amide bonds. The highest BCUT2D eigenvalue weighted by Crippen LogP contribution is 2.38. The van der Waals surface area contributed by atoms with Crippen LogP contribution in [0, 0.1) is 5.92 Å². The summed E-state index contributed by atoms with van der Waals surface area (Å²) in [5.74, 6) is 0.606. The molecule has 0 aromatic heterocycles. The largest absolute Gasteiger partial charge is 0.385 e. The predicted octanol–water partition coefficient (Wildman–Crippen LogP) is 0.424. The first-order valence-corrected chi connectivity index (χ1v) is 6.89. The molecule has 3 atom stereocenters. The molecule has 1 saturated carbocycles. The molecule has 2 rings (SSSR count). The molecule has 5 nitrogen and oxygen atoms in total. The number of hydrogen-bond donors (Lipinski definition) is 2. The van der Waals surface area contributed by atoms with Crippen molar-refractivity contribution in [1.82, 2.24) is 5.32 Å². The Morgan fingerprint density at radius 3 is 2.94 bits per heavy atom. The fourth-order valence-corrected chi connectivity index (χ4v) is 2.52. The second kappa shape index (κ2) is 6.50. The number of hydrogen-bond acceptors (Lipinski definition) is 4. The van der Waals surface area contributed by atoms with E-state index in [2.05, 4.69) is 5.32 Å². The molecular weight excluding hydrogens is 232 g/mol. The van der Waals surface area contributed by atoms with Gasteiger partial charge >= 0.3 is 0 Å². The van der Waals surface area contributed by atoms with Crippen molar-refractivity contribution in [2.45, 2.75) is 50.3 Å². The van der Waals surface area contributed by atoms with Gasteiger partial charge in [-0.25, -0.2) is 0 Å². The highest BCUT2D eigenvalue weighted by atomic mass is 16.5. The van der Waals surface area contributed by atoms with Crippen LogP contribution in [0.1, 0.15) is 32.1 Å². The van der Waals surface area contributed by atoms with Crippen LogP contribution in [0.2, 0.25) is 0 Å². The summed E-state index contributed by atoms with van der Waals surface area (Å²) in [5.41, 5.74) is 5.86. The predicted molar refractivity (Wildman–Crippen MR) is 68.1 cm³/mol. The molecule has 5 heteroatoms. The Hall–Kier alpha value is -0.650. The monoisotopic (exact) mass is 256 g/mol. The van der Waals surface area contributed by atoms with E-state index in [1.165, 1.54) is 12.8 Å². The van der Waals surface area contributed by atoms with E-state index in [1.807, 2.05) is 0 Å². The van der Waals surface area contributed by atoms with Crippen LogP contribution in [0.3, 0.4) is 0 Å². The quantitative estimate of drug-likeness (QED) is 0.648. The lowest BCUT2D eigenvalue weighted by atomic mass is 10.1. The van der Waals surface area contributed by atoms with Gasteiger partial charge in [0.25, 0.3) is 0 Å². The van der Waals surface area contributed by atoms with Gasteiger partial charge in [-0.2, -0.15) is 0 Å². The summed E-state index contributed by atoms with van der Waals surface area (Å²) in [5, 5.41) is 3.05. The first-order valence-electron chi connectivity index (χ1n) is 6.89. The van der Waals surface area contributed by atoms with Gasteiger partial charge < -0.3 is 20.5 Å². The normalized spacial score (nSPS) is 29.2. The van der Waals surface area contributed by atoms with Crippen LogP contribution in [0.4, 0.5) is 0 Å². The Balaban J connectivity index is 1.72. The summed E-state index contributed by atoms with van der Waals surface area (Å²) < 4.78 is 10.6. The third-order valence-corrected chi connectivity index (χ3v) is 3.75. The van der Waals surface area contributed by atoms with Gasteiger partial charge in [-0.3, -0.25) is 4.79 Å². The van der Waals surface area contributed by atoms with Gasteiger partial charge in [0.2, 0.25) is 5.91 Å².